The molecule has 27 heavy (non-hydrogen) atoms. The molecule has 7 nitrogen and oxygen atoms in total. The average Bonchev–Trinajstić information content (AvgIpc) is 3.01. The van der Waals surface area contributed by atoms with E-state index in [9.17, 15) is 9.59 Å². The summed E-state index contributed by atoms with van der Waals surface area (Å²) in [5.74, 6) is 0.108. The van der Waals surface area contributed by atoms with E-state index < -0.39 is 0 Å². The van der Waals surface area contributed by atoms with Crippen LogP contribution in [0.4, 0.5) is 0 Å². The van der Waals surface area contributed by atoms with E-state index in [1.54, 1.807) is 26.4 Å². The van der Waals surface area contributed by atoms with Gasteiger partial charge in [0.25, 0.3) is 0 Å². The topological polar surface area (TPSA) is 74.8 Å². The summed E-state index contributed by atoms with van der Waals surface area (Å²) in [5.41, 5.74) is 0.866. The van der Waals surface area contributed by atoms with Gasteiger partial charge in [0.1, 0.15) is 0 Å². The Labute approximate surface area is 161 Å². The molecule has 7 heteroatoms. The van der Waals surface area contributed by atoms with E-state index in [2.05, 4.69) is 10.3 Å². The van der Waals surface area contributed by atoms with E-state index in [0.717, 1.165) is 31.2 Å². The SMILES string of the molecule is CO[C@@]12CC[C@@H](NC(C)=O)C[C@@H]1N(C(=O)CN(C)Cc1ccncc1)CC2. The van der Waals surface area contributed by atoms with Gasteiger partial charge in [-0.15, -0.1) is 0 Å². The fraction of sp³-hybridized carbons (Fsp3) is 0.650. The fourth-order valence-corrected chi connectivity index (χ4v) is 4.59. The Bertz CT molecular complexity index is 668. The average molecular weight is 374 g/mol. The third-order valence-corrected chi connectivity index (χ3v) is 5.92. The monoisotopic (exact) mass is 374 g/mol. The minimum atomic E-state index is -0.270. The highest BCUT2D eigenvalue weighted by Gasteiger charge is 2.52. The molecule has 0 unspecified atom stereocenters. The van der Waals surface area contributed by atoms with Crippen molar-refractivity contribution in [1.82, 2.24) is 20.1 Å². The van der Waals surface area contributed by atoms with Crippen molar-refractivity contribution in [3.63, 3.8) is 0 Å². The number of fused-ring (bicyclic) bond motifs is 1. The van der Waals surface area contributed by atoms with Gasteiger partial charge < -0.3 is 15.0 Å². The van der Waals surface area contributed by atoms with E-state index in [1.165, 1.54) is 0 Å². The lowest BCUT2D eigenvalue weighted by atomic mass is 9.78. The molecule has 0 spiro atoms. The van der Waals surface area contributed by atoms with Gasteiger partial charge in [-0.3, -0.25) is 19.5 Å². The van der Waals surface area contributed by atoms with Crippen molar-refractivity contribution in [2.45, 2.75) is 56.8 Å². The lowest BCUT2D eigenvalue weighted by Crippen LogP contribution is -2.56. The number of carbonyl (C=O) groups is 2. The molecule has 2 aliphatic rings. The predicted molar refractivity (Wildman–Crippen MR) is 102 cm³/mol. The smallest absolute Gasteiger partial charge is 0.237 e. The molecule has 1 aromatic heterocycles. The normalized spacial score (nSPS) is 27.5. The van der Waals surface area contributed by atoms with Gasteiger partial charge in [-0.2, -0.15) is 0 Å². The molecule has 1 aliphatic carbocycles. The van der Waals surface area contributed by atoms with Crippen LogP contribution in [-0.2, 0) is 20.9 Å². The summed E-state index contributed by atoms with van der Waals surface area (Å²) in [4.78, 5) is 32.5. The first kappa shape index (κ1) is 19.8. The maximum atomic E-state index is 13.0. The van der Waals surface area contributed by atoms with Crippen LogP contribution in [0.15, 0.2) is 24.5 Å². The lowest BCUT2D eigenvalue weighted by Gasteiger charge is -2.44. The van der Waals surface area contributed by atoms with Crippen LogP contribution in [0.25, 0.3) is 0 Å². The van der Waals surface area contributed by atoms with Crippen LogP contribution in [-0.4, -0.2) is 71.5 Å². The molecule has 2 amide bonds. The second-order valence-electron chi connectivity index (χ2n) is 7.82. The number of methoxy groups -OCH3 is 1. The highest BCUT2D eigenvalue weighted by atomic mass is 16.5. The molecular weight excluding hydrogens is 344 g/mol. The third-order valence-electron chi connectivity index (χ3n) is 5.92. The molecule has 1 aliphatic heterocycles. The molecule has 1 saturated heterocycles. The summed E-state index contributed by atoms with van der Waals surface area (Å²) in [6, 6.07) is 4.06. The van der Waals surface area contributed by atoms with Crippen LogP contribution in [0.1, 0.15) is 38.2 Å². The zero-order valence-corrected chi connectivity index (χ0v) is 16.5. The number of nitrogens with one attached hydrogen (secondary N) is 1. The number of likely N-dealkylation sites (N-methyl/N-ethyl adjacent to an activating group) is 1. The fourth-order valence-electron chi connectivity index (χ4n) is 4.59. The Hall–Kier alpha value is -1.99. The highest BCUT2D eigenvalue weighted by molar-refractivity contribution is 5.79. The first-order valence-electron chi connectivity index (χ1n) is 9.63. The van der Waals surface area contributed by atoms with Crippen molar-refractivity contribution in [1.29, 1.82) is 0 Å². The van der Waals surface area contributed by atoms with Crippen LogP contribution in [0.5, 0.6) is 0 Å². The standard InChI is InChI=1S/C20H30N4O3/c1-15(25)22-17-4-7-20(27-3)8-11-24(18(20)12-17)19(26)14-23(2)13-16-5-9-21-10-6-16/h5-6,9-10,17-18H,4,7-8,11-14H2,1-3H3,(H,22,25)/t17-,18+,20-/m1/s1. The molecule has 2 fully saturated rings. The minimum Gasteiger partial charge on any atom is -0.376 e. The Morgan fingerprint density at radius 3 is 2.78 bits per heavy atom. The van der Waals surface area contributed by atoms with Crippen LogP contribution >= 0.6 is 0 Å². The van der Waals surface area contributed by atoms with Gasteiger partial charge in [0.15, 0.2) is 0 Å². The Morgan fingerprint density at radius 1 is 1.37 bits per heavy atom. The number of carbonyl (C=O) groups excluding carboxylic acids is 2. The predicted octanol–water partition coefficient (Wildman–Crippen LogP) is 1.19. The molecular formula is C20H30N4O3. The molecule has 1 saturated carbocycles. The number of nitrogens with zero attached hydrogens (tertiary/aromatic N) is 3. The molecule has 1 aromatic rings. The molecule has 0 aromatic carbocycles. The number of amides is 2. The van der Waals surface area contributed by atoms with E-state index in [4.69, 9.17) is 4.74 Å². The molecule has 148 valence electrons. The molecule has 2 heterocycles. The number of ether oxygens (including phenoxy) is 1. The van der Waals surface area contributed by atoms with Crippen molar-refractivity contribution in [3.05, 3.63) is 30.1 Å². The number of likely N-dealkylation sites (tertiary alicyclic amines) is 1. The van der Waals surface area contributed by atoms with Crippen LogP contribution < -0.4 is 5.32 Å². The van der Waals surface area contributed by atoms with Gasteiger partial charge in [0.2, 0.25) is 11.8 Å². The van der Waals surface area contributed by atoms with Gasteiger partial charge in [-0.05, 0) is 50.4 Å². The van der Waals surface area contributed by atoms with E-state index >= 15 is 0 Å². The van der Waals surface area contributed by atoms with Crippen molar-refractivity contribution in [3.8, 4) is 0 Å². The van der Waals surface area contributed by atoms with Crippen molar-refractivity contribution < 1.29 is 14.3 Å². The summed E-state index contributed by atoms with van der Waals surface area (Å²) in [7, 11) is 3.70. The van der Waals surface area contributed by atoms with E-state index in [0.29, 0.717) is 19.6 Å². The third kappa shape index (κ3) is 4.47. The number of hydrogen-bond acceptors (Lipinski definition) is 5. The van der Waals surface area contributed by atoms with Crippen LogP contribution in [0, 0.1) is 0 Å². The largest absolute Gasteiger partial charge is 0.376 e. The Kier molecular flexibility index (Phi) is 6.11. The summed E-state index contributed by atoms with van der Waals surface area (Å²) in [6.45, 7) is 3.33. The number of aromatic nitrogens is 1. The van der Waals surface area contributed by atoms with Gasteiger partial charge in [-0.25, -0.2) is 0 Å². The van der Waals surface area contributed by atoms with E-state index in [-0.39, 0.29) is 29.5 Å². The highest BCUT2D eigenvalue weighted by Crippen LogP contribution is 2.42. The molecule has 0 bridgehead atoms. The summed E-state index contributed by atoms with van der Waals surface area (Å²) in [5, 5.41) is 3.02. The second kappa shape index (κ2) is 8.35. The number of hydrogen-bond donors (Lipinski definition) is 1. The van der Waals surface area contributed by atoms with Gasteiger partial charge in [0.05, 0.1) is 18.2 Å². The maximum absolute atomic E-state index is 13.0. The molecule has 1 N–H and O–H groups in total. The summed E-state index contributed by atoms with van der Waals surface area (Å²) in [6.07, 6.45) is 6.92. The van der Waals surface area contributed by atoms with Gasteiger partial charge in [-0.1, -0.05) is 0 Å². The van der Waals surface area contributed by atoms with E-state index in [1.807, 2.05) is 29.0 Å². The van der Waals surface area contributed by atoms with Gasteiger partial charge >= 0.3 is 0 Å². The van der Waals surface area contributed by atoms with Crippen LogP contribution in [0.3, 0.4) is 0 Å². The minimum absolute atomic E-state index is 0.0159. The summed E-state index contributed by atoms with van der Waals surface area (Å²) < 4.78 is 5.91. The lowest BCUT2D eigenvalue weighted by molar-refractivity contribution is -0.138. The van der Waals surface area contributed by atoms with Crippen molar-refractivity contribution in [2.75, 3.05) is 27.2 Å². The van der Waals surface area contributed by atoms with Gasteiger partial charge in [0, 0.05) is 45.6 Å². The zero-order chi connectivity index (χ0) is 19.4. The quantitative estimate of drug-likeness (QED) is 0.810. The number of pyridine rings is 1. The second-order valence-corrected chi connectivity index (χ2v) is 7.82. The maximum Gasteiger partial charge on any atom is 0.237 e. The Morgan fingerprint density at radius 2 is 2.11 bits per heavy atom. The van der Waals surface area contributed by atoms with Crippen molar-refractivity contribution in [2.24, 2.45) is 0 Å². The summed E-state index contributed by atoms with van der Waals surface area (Å²) >= 11 is 0. The van der Waals surface area contributed by atoms with Crippen LogP contribution in [0.2, 0.25) is 0 Å². The van der Waals surface area contributed by atoms with Crippen molar-refractivity contribution >= 4 is 11.8 Å². The first-order valence-corrected chi connectivity index (χ1v) is 9.63. The number of rotatable bonds is 6. The first-order chi connectivity index (χ1) is 12.9. The molecule has 0 radical (unpaired) electrons. The molecule has 3 atom stereocenters. The zero-order valence-electron chi connectivity index (χ0n) is 16.5. The Balaban J connectivity index is 1.64. The molecule has 3 rings (SSSR count).